The molecule has 1 heterocycles. The standard InChI is InChI=1S/C25H25N3O/c1-3-19-8-10-20(11-9-19)15-26-25(29)22-12-13-23-16-27-28(24(23)14-22)17-21-6-4-18(2)5-7-21/h4-14,16H,3,15,17H2,1-2H3,(H,26,29). The average Bonchev–Trinajstić information content (AvgIpc) is 3.16. The molecule has 0 aliphatic heterocycles. The van der Waals surface area contributed by atoms with Crippen molar-refractivity contribution >= 4 is 16.8 Å². The summed E-state index contributed by atoms with van der Waals surface area (Å²) in [4.78, 5) is 12.7. The second kappa shape index (κ2) is 8.31. The van der Waals surface area contributed by atoms with Crippen molar-refractivity contribution in [3.63, 3.8) is 0 Å². The maximum Gasteiger partial charge on any atom is 0.251 e. The zero-order valence-electron chi connectivity index (χ0n) is 16.9. The summed E-state index contributed by atoms with van der Waals surface area (Å²) >= 11 is 0. The van der Waals surface area contributed by atoms with Crippen LogP contribution < -0.4 is 5.32 Å². The van der Waals surface area contributed by atoms with E-state index in [2.05, 4.69) is 72.8 Å². The van der Waals surface area contributed by atoms with E-state index in [1.165, 1.54) is 16.7 Å². The fourth-order valence-corrected chi connectivity index (χ4v) is 3.38. The van der Waals surface area contributed by atoms with Crippen LogP contribution in [0.5, 0.6) is 0 Å². The molecule has 4 rings (SSSR count). The van der Waals surface area contributed by atoms with E-state index in [1.54, 1.807) is 0 Å². The summed E-state index contributed by atoms with van der Waals surface area (Å²) < 4.78 is 1.94. The summed E-state index contributed by atoms with van der Waals surface area (Å²) in [6, 6.07) is 22.5. The molecule has 0 saturated heterocycles. The van der Waals surface area contributed by atoms with E-state index in [0.717, 1.165) is 22.9 Å². The molecule has 0 aliphatic rings. The molecule has 0 unspecified atom stereocenters. The van der Waals surface area contributed by atoms with Crippen LogP contribution in [0.1, 0.15) is 39.5 Å². The van der Waals surface area contributed by atoms with Gasteiger partial charge in [-0.1, -0.05) is 67.1 Å². The van der Waals surface area contributed by atoms with E-state index in [1.807, 2.05) is 29.1 Å². The zero-order chi connectivity index (χ0) is 20.2. The Morgan fingerprint density at radius 2 is 1.62 bits per heavy atom. The van der Waals surface area contributed by atoms with E-state index in [0.29, 0.717) is 18.7 Å². The van der Waals surface area contributed by atoms with Crippen molar-refractivity contribution in [2.45, 2.75) is 33.4 Å². The molecule has 0 atom stereocenters. The van der Waals surface area contributed by atoms with Crippen LogP contribution in [0.3, 0.4) is 0 Å². The Morgan fingerprint density at radius 3 is 2.34 bits per heavy atom. The number of hydrogen-bond acceptors (Lipinski definition) is 2. The quantitative estimate of drug-likeness (QED) is 0.515. The lowest BCUT2D eigenvalue weighted by Crippen LogP contribution is -2.22. The van der Waals surface area contributed by atoms with Gasteiger partial charge >= 0.3 is 0 Å². The first-order valence-electron chi connectivity index (χ1n) is 9.99. The molecule has 1 amide bonds. The molecular weight excluding hydrogens is 358 g/mol. The Labute approximate surface area is 171 Å². The molecule has 3 aromatic carbocycles. The van der Waals surface area contributed by atoms with Crippen LogP contribution in [0.2, 0.25) is 0 Å². The molecule has 4 heteroatoms. The average molecular weight is 383 g/mol. The third-order valence-electron chi connectivity index (χ3n) is 5.24. The van der Waals surface area contributed by atoms with Crippen molar-refractivity contribution in [2.24, 2.45) is 0 Å². The maximum absolute atomic E-state index is 12.7. The highest BCUT2D eigenvalue weighted by Crippen LogP contribution is 2.18. The van der Waals surface area contributed by atoms with Crippen LogP contribution in [-0.2, 0) is 19.5 Å². The number of nitrogens with zero attached hydrogens (tertiary/aromatic N) is 2. The van der Waals surface area contributed by atoms with Crippen molar-refractivity contribution in [3.8, 4) is 0 Å². The monoisotopic (exact) mass is 383 g/mol. The third kappa shape index (κ3) is 4.37. The fraction of sp³-hybridized carbons (Fsp3) is 0.200. The number of aromatic nitrogens is 2. The lowest BCUT2D eigenvalue weighted by molar-refractivity contribution is 0.0951. The van der Waals surface area contributed by atoms with E-state index in [-0.39, 0.29) is 5.91 Å². The normalized spacial score (nSPS) is 11.0. The molecule has 29 heavy (non-hydrogen) atoms. The summed E-state index contributed by atoms with van der Waals surface area (Å²) in [7, 11) is 0. The minimum atomic E-state index is -0.0745. The summed E-state index contributed by atoms with van der Waals surface area (Å²) in [5.41, 5.74) is 6.43. The molecule has 146 valence electrons. The second-order valence-corrected chi connectivity index (χ2v) is 7.41. The van der Waals surface area contributed by atoms with Gasteiger partial charge in [0.25, 0.3) is 5.91 Å². The Kier molecular flexibility index (Phi) is 5.43. The van der Waals surface area contributed by atoms with Crippen molar-refractivity contribution in [1.29, 1.82) is 0 Å². The van der Waals surface area contributed by atoms with E-state index in [9.17, 15) is 4.79 Å². The number of aryl methyl sites for hydroxylation is 2. The summed E-state index contributed by atoms with van der Waals surface area (Å²) in [6.07, 6.45) is 2.86. The Hall–Kier alpha value is -3.40. The summed E-state index contributed by atoms with van der Waals surface area (Å²) in [5, 5.41) is 8.56. The highest BCUT2D eigenvalue weighted by atomic mass is 16.1. The van der Waals surface area contributed by atoms with Crippen LogP contribution in [0.25, 0.3) is 10.9 Å². The van der Waals surface area contributed by atoms with Crippen molar-refractivity contribution in [3.05, 3.63) is 101 Å². The molecule has 0 spiro atoms. The topological polar surface area (TPSA) is 46.9 Å². The molecular formula is C25H25N3O. The smallest absolute Gasteiger partial charge is 0.251 e. The number of fused-ring (bicyclic) bond motifs is 1. The molecule has 0 saturated carbocycles. The Bertz CT molecular complexity index is 1130. The van der Waals surface area contributed by atoms with Crippen LogP contribution in [0, 0.1) is 6.92 Å². The fourth-order valence-electron chi connectivity index (χ4n) is 3.38. The first-order valence-corrected chi connectivity index (χ1v) is 9.99. The first kappa shape index (κ1) is 18.9. The van der Waals surface area contributed by atoms with Crippen LogP contribution in [0.4, 0.5) is 0 Å². The molecule has 0 radical (unpaired) electrons. The van der Waals surface area contributed by atoms with E-state index >= 15 is 0 Å². The van der Waals surface area contributed by atoms with Gasteiger partial charge in [0.05, 0.1) is 18.3 Å². The second-order valence-electron chi connectivity index (χ2n) is 7.41. The van der Waals surface area contributed by atoms with Gasteiger partial charge in [-0.05, 0) is 42.2 Å². The molecule has 0 aliphatic carbocycles. The van der Waals surface area contributed by atoms with Crippen molar-refractivity contribution < 1.29 is 4.79 Å². The highest BCUT2D eigenvalue weighted by Gasteiger charge is 2.10. The first-order chi connectivity index (χ1) is 14.1. The largest absolute Gasteiger partial charge is 0.348 e. The Balaban J connectivity index is 1.49. The maximum atomic E-state index is 12.7. The summed E-state index contributed by atoms with van der Waals surface area (Å²) in [6.45, 7) is 5.41. The number of hydrogen-bond donors (Lipinski definition) is 1. The number of benzene rings is 3. The van der Waals surface area contributed by atoms with Crippen LogP contribution >= 0.6 is 0 Å². The van der Waals surface area contributed by atoms with E-state index in [4.69, 9.17) is 0 Å². The van der Waals surface area contributed by atoms with Gasteiger partial charge in [-0.15, -0.1) is 0 Å². The van der Waals surface area contributed by atoms with Gasteiger partial charge in [-0.3, -0.25) is 9.48 Å². The third-order valence-corrected chi connectivity index (χ3v) is 5.24. The number of rotatable bonds is 6. The van der Waals surface area contributed by atoms with Crippen LogP contribution in [0.15, 0.2) is 72.9 Å². The van der Waals surface area contributed by atoms with Gasteiger partial charge in [0, 0.05) is 17.5 Å². The van der Waals surface area contributed by atoms with Gasteiger partial charge < -0.3 is 5.32 Å². The highest BCUT2D eigenvalue weighted by molar-refractivity contribution is 5.97. The van der Waals surface area contributed by atoms with Crippen molar-refractivity contribution in [2.75, 3.05) is 0 Å². The molecule has 0 bridgehead atoms. The van der Waals surface area contributed by atoms with Gasteiger partial charge in [-0.25, -0.2) is 0 Å². The number of nitrogens with one attached hydrogen (secondary N) is 1. The number of carbonyl (C=O) groups is 1. The van der Waals surface area contributed by atoms with Crippen molar-refractivity contribution in [1.82, 2.24) is 15.1 Å². The predicted octanol–water partition coefficient (Wildman–Crippen LogP) is 4.89. The molecule has 1 aromatic heterocycles. The Morgan fingerprint density at radius 1 is 0.931 bits per heavy atom. The molecule has 0 fully saturated rings. The van der Waals surface area contributed by atoms with Gasteiger partial charge in [0.2, 0.25) is 0 Å². The minimum absolute atomic E-state index is 0.0745. The minimum Gasteiger partial charge on any atom is -0.348 e. The summed E-state index contributed by atoms with van der Waals surface area (Å²) in [5.74, 6) is -0.0745. The lowest BCUT2D eigenvalue weighted by atomic mass is 10.1. The lowest BCUT2D eigenvalue weighted by Gasteiger charge is -2.08. The van der Waals surface area contributed by atoms with Gasteiger partial charge in [0.15, 0.2) is 0 Å². The van der Waals surface area contributed by atoms with E-state index < -0.39 is 0 Å². The SMILES string of the molecule is CCc1ccc(CNC(=O)c2ccc3cnn(Cc4ccc(C)cc4)c3c2)cc1. The molecule has 1 N–H and O–H groups in total. The molecule has 4 nitrogen and oxygen atoms in total. The van der Waals surface area contributed by atoms with Crippen LogP contribution in [-0.4, -0.2) is 15.7 Å². The molecule has 4 aromatic rings. The number of amides is 1. The zero-order valence-corrected chi connectivity index (χ0v) is 16.9. The van der Waals surface area contributed by atoms with Gasteiger partial charge in [0.1, 0.15) is 0 Å². The van der Waals surface area contributed by atoms with Gasteiger partial charge in [-0.2, -0.15) is 5.10 Å². The number of carbonyl (C=O) groups excluding carboxylic acids is 1. The predicted molar refractivity (Wildman–Crippen MR) is 117 cm³/mol.